The van der Waals surface area contributed by atoms with Gasteiger partial charge in [0.2, 0.25) is 0 Å². The third kappa shape index (κ3) is 3.41. The van der Waals surface area contributed by atoms with E-state index in [1.54, 1.807) is 11.3 Å². The molecule has 96 valence electrons. The van der Waals surface area contributed by atoms with E-state index in [9.17, 15) is 0 Å². The van der Waals surface area contributed by atoms with Crippen LogP contribution in [0.1, 0.15) is 30.0 Å². The van der Waals surface area contributed by atoms with E-state index in [0.717, 1.165) is 27.6 Å². The van der Waals surface area contributed by atoms with Gasteiger partial charge in [0.25, 0.3) is 0 Å². The van der Waals surface area contributed by atoms with Crippen LogP contribution in [-0.2, 0) is 0 Å². The average molecular weight is 390 g/mol. The van der Waals surface area contributed by atoms with Crippen molar-refractivity contribution in [2.45, 2.75) is 19.4 Å². The van der Waals surface area contributed by atoms with Gasteiger partial charge in [-0.15, -0.1) is 11.3 Å². The lowest BCUT2D eigenvalue weighted by molar-refractivity contribution is 0.591. The van der Waals surface area contributed by atoms with Gasteiger partial charge in [0.15, 0.2) is 0 Å². The Kier molecular flexibility index (Phi) is 5.36. The van der Waals surface area contributed by atoms with Gasteiger partial charge in [0.1, 0.15) is 0 Å². The molecule has 1 unspecified atom stereocenters. The van der Waals surface area contributed by atoms with Crippen LogP contribution in [0.2, 0.25) is 0 Å². The first kappa shape index (κ1) is 14.2. The zero-order valence-corrected chi connectivity index (χ0v) is 14.0. The van der Waals surface area contributed by atoms with Gasteiger partial charge < -0.3 is 5.32 Å². The molecule has 2 nitrogen and oxygen atoms in total. The standard InChI is InChI=1S/C13H14Br2N2S/c1-2-5-16-13(11-4-3-6-18-11)12-10(15)7-9(14)8-17-12/h3-4,6-8,13,16H,2,5H2,1H3. The van der Waals surface area contributed by atoms with E-state index in [1.807, 2.05) is 12.3 Å². The number of aromatic nitrogens is 1. The van der Waals surface area contributed by atoms with Crippen LogP contribution in [0.3, 0.4) is 0 Å². The highest BCUT2D eigenvalue weighted by atomic mass is 79.9. The van der Waals surface area contributed by atoms with E-state index >= 15 is 0 Å². The van der Waals surface area contributed by atoms with Crippen molar-refractivity contribution in [3.8, 4) is 0 Å². The first-order chi connectivity index (χ1) is 8.72. The number of rotatable bonds is 5. The summed E-state index contributed by atoms with van der Waals surface area (Å²) in [6, 6.07) is 6.42. The summed E-state index contributed by atoms with van der Waals surface area (Å²) < 4.78 is 2.01. The molecule has 0 aliphatic carbocycles. The van der Waals surface area contributed by atoms with Crippen LogP contribution in [0, 0.1) is 0 Å². The molecule has 2 heterocycles. The minimum atomic E-state index is 0.160. The Hall–Kier alpha value is -0.230. The van der Waals surface area contributed by atoms with Crippen LogP contribution in [-0.4, -0.2) is 11.5 Å². The fourth-order valence-electron chi connectivity index (χ4n) is 1.71. The third-order valence-corrected chi connectivity index (χ3v) is 4.54. The molecule has 1 N–H and O–H groups in total. The predicted octanol–water partition coefficient (Wildman–Crippen LogP) is 4.76. The van der Waals surface area contributed by atoms with E-state index in [-0.39, 0.29) is 6.04 Å². The Morgan fingerprint density at radius 1 is 1.44 bits per heavy atom. The second-order valence-electron chi connectivity index (χ2n) is 3.92. The first-order valence-corrected chi connectivity index (χ1v) is 8.26. The Labute approximate surface area is 128 Å². The number of hydrogen-bond acceptors (Lipinski definition) is 3. The summed E-state index contributed by atoms with van der Waals surface area (Å²) >= 11 is 8.79. The summed E-state index contributed by atoms with van der Waals surface area (Å²) in [5.74, 6) is 0. The number of halogens is 2. The highest BCUT2D eigenvalue weighted by Crippen LogP contribution is 2.31. The van der Waals surface area contributed by atoms with Crippen molar-refractivity contribution in [3.05, 3.63) is 49.3 Å². The normalized spacial score (nSPS) is 12.6. The fraction of sp³-hybridized carbons (Fsp3) is 0.308. The molecular formula is C13H14Br2N2S. The molecule has 5 heteroatoms. The highest BCUT2D eigenvalue weighted by Gasteiger charge is 2.18. The van der Waals surface area contributed by atoms with E-state index in [0.29, 0.717) is 0 Å². The Bertz CT molecular complexity index is 500. The van der Waals surface area contributed by atoms with Crippen molar-refractivity contribution in [2.24, 2.45) is 0 Å². The van der Waals surface area contributed by atoms with Gasteiger partial charge in [0.05, 0.1) is 11.7 Å². The van der Waals surface area contributed by atoms with Crippen LogP contribution in [0.25, 0.3) is 0 Å². The second-order valence-corrected chi connectivity index (χ2v) is 6.67. The van der Waals surface area contributed by atoms with Crippen LogP contribution in [0.5, 0.6) is 0 Å². The third-order valence-electron chi connectivity index (χ3n) is 2.54. The molecule has 0 aromatic carbocycles. The highest BCUT2D eigenvalue weighted by molar-refractivity contribution is 9.11. The van der Waals surface area contributed by atoms with Gasteiger partial charge >= 0.3 is 0 Å². The molecule has 0 radical (unpaired) electrons. The van der Waals surface area contributed by atoms with Crippen LogP contribution in [0.15, 0.2) is 38.7 Å². The van der Waals surface area contributed by atoms with Crippen molar-refractivity contribution in [1.29, 1.82) is 0 Å². The van der Waals surface area contributed by atoms with Crippen molar-refractivity contribution in [3.63, 3.8) is 0 Å². The smallest absolute Gasteiger partial charge is 0.0856 e. The van der Waals surface area contributed by atoms with Crippen molar-refractivity contribution in [1.82, 2.24) is 10.3 Å². The van der Waals surface area contributed by atoms with Crippen LogP contribution >= 0.6 is 43.2 Å². The second kappa shape index (κ2) is 6.80. The summed E-state index contributed by atoms with van der Waals surface area (Å²) in [5.41, 5.74) is 1.04. The van der Waals surface area contributed by atoms with Gasteiger partial charge in [-0.2, -0.15) is 0 Å². The monoisotopic (exact) mass is 388 g/mol. The maximum Gasteiger partial charge on any atom is 0.0856 e. The number of pyridine rings is 1. The zero-order chi connectivity index (χ0) is 13.0. The van der Waals surface area contributed by atoms with E-state index in [4.69, 9.17) is 0 Å². The zero-order valence-electron chi connectivity index (χ0n) is 9.99. The largest absolute Gasteiger partial charge is 0.304 e. The van der Waals surface area contributed by atoms with Crippen molar-refractivity contribution >= 4 is 43.2 Å². The Balaban J connectivity index is 2.33. The summed E-state index contributed by atoms with van der Waals surface area (Å²) in [6.45, 7) is 3.15. The van der Waals surface area contributed by atoms with E-state index in [1.165, 1.54) is 4.88 Å². The molecule has 0 fully saturated rings. The molecule has 2 aromatic rings. The molecule has 0 bridgehead atoms. The minimum absolute atomic E-state index is 0.160. The molecule has 1 atom stereocenters. The summed E-state index contributed by atoms with van der Waals surface area (Å²) in [5, 5.41) is 5.65. The molecule has 0 aliphatic heterocycles. The molecule has 0 saturated carbocycles. The molecule has 2 rings (SSSR count). The maximum atomic E-state index is 4.54. The molecule has 0 saturated heterocycles. The SMILES string of the molecule is CCCNC(c1cccs1)c1ncc(Br)cc1Br. The molecular weight excluding hydrogens is 376 g/mol. The lowest BCUT2D eigenvalue weighted by Crippen LogP contribution is -2.23. The number of thiophene rings is 1. The maximum absolute atomic E-state index is 4.54. The average Bonchev–Trinajstić information content (AvgIpc) is 2.85. The molecule has 0 aliphatic rings. The van der Waals surface area contributed by atoms with Crippen LogP contribution < -0.4 is 5.32 Å². The quantitative estimate of drug-likeness (QED) is 0.797. The van der Waals surface area contributed by atoms with Gasteiger partial charge in [-0.3, -0.25) is 4.98 Å². The minimum Gasteiger partial charge on any atom is -0.304 e. The topological polar surface area (TPSA) is 24.9 Å². The van der Waals surface area contributed by atoms with Crippen molar-refractivity contribution in [2.75, 3.05) is 6.54 Å². The van der Waals surface area contributed by atoms with Crippen molar-refractivity contribution < 1.29 is 0 Å². The molecule has 0 spiro atoms. The Morgan fingerprint density at radius 3 is 2.89 bits per heavy atom. The lowest BCUT2D eigenvalue weighted by atomic mass is 10.1. The van der Waals surface area contributed by atoms with Gasteiger partial charge in [0, 0.05) is 20.0 Å². The van der Waals surface area contributed by atoms with E-state index < -0.39 is 0 Å². The van der Waals surface area contributed by atoms with E-state index in [2.05, 4.69) is 66.6 Å². The first-order valence-electron chi connectivity index (χ1n) is 5.80. The van der Waals surface area contributed by atoms with Gasteiger partial charge in [-0.1, -0.05) is 13.0 Å². The van der Waals surface area contributed by atoms with Gasteiger partial charge in [-0.25, -0.2) is 0 Å². The summed E-state index contributed by atoms with van der Waals surface area (Å²) in [7, 11) is 0. The number of hydrogen-bond donors (Lipinski definition) is 1. The van der Waals surface area contributed by atoms with Gasteiger partial charge in [-0.05, 0) is 62.3 Å². The summed E-state index contributed by atoms with van der Waals surface area (Å²) in [4.78, 5) is 5.83. The molecule has 18 heavy (non-hydrogen) atoms. The fourth-order valence-corrected chi connectivity index (χ4v) is 3.73. The lowest BCUT2D eigenvalue weighted by Gasteiger charge is -2.18. The number of nitrogens with one attached hydrogen (secondary N) is 1. The Morgan fingerprint density at radius 2 is 2.28 bits per heavy atom. The van der Waals surface area contributed by atoms with Crippen LogP contribution in [0.4, 0.5) is 0 Å². The predicted molar refractivity (Wildman–Crippen MR) is 84.1 cm³/mol. The number of nitrogens with zero attached hydrogens (tertiary/aromatic N) is 1. The molecule has 0 amide bonds. The summed E-state index contributed by atoms with van der Waals surface area (Å²) in [6.07, 6.45) is 2.95. The molecule has 2 aromatic heterocycles.